The Bertz CT molecular complexity index is 1280. The quantitative estimate of drug-likeness (QED) is 0.573. The minimum absolute atomic E-state index is 0.0236. The number of hydrogen-bond donors (Lipinski definition) is 3. The number of carbonyl (C=O) groups is 3. The van der Waals surface area contributed by atoms with Crippen LogP contribution in [0.2, 0.25) is 5.02 Å². The van der Waals surface area contributed by atoms with Crippen LogP contribution in [-0.2, 0) is 9.59 Å². The van der Waals surface area contributed by atoms with Crippen LogP contribution in [0.5, 0.6) is 0 Å². The Morgan fingerprint density at radius 2 is 2.08 bits per heavy atom. The van der Waals surface area contributed by atoms with Crippen molar-refractivity contribution in [3.63, 3.8) is 0 Å². The highest BCUT2D eigenvalue weighted by molar-refractivity contribution is 6.35. The van der Waals surface area contributed by atoms with Gasteiger partial charge in [0.05, 0.1) is 16.6 Å². The van der Waals surface area contributed by atoms with E-state index < -0.39 is 12.1 Å². The number of nitriles is 1. The van der Waals surface area contributed by atoms with E-state index in [1.807, 2.05) is 12.1 Å². The predicted molar refractivity (Wildman–Crippen MR) is 134 cm³/mol. The van der Waals surface area contributed by atoms with Gasteiger partial charge in [-0.15, -0.1) is 0 Å². The number of hydrogen-bond acceptors (Lipinski definition) is 4. The molecule has 0 radical (unpaired) electrons. The van der Waals surface area contributed by atoms with Crippen LogP contribution < -0.4 is 10.6 Å². The lowest BCUT2D eigenvalue weighted by Crippen LogP contribution is -2.51. The van der Waals surface area contributed by atoms with Gasteiger partial charge in [0.2, 0.25) is 11.8 Å². The molecule has 5 atom stereocenters. The third-order valence-electron chi connectivity index (χ3n) is 8.75. The van der Waals surface area contributed by atoms with Crippen LogP contribution >= 0.6 is 11.6 Å². The molecular formula is C27H30ClN5O3. The maximum Gasteiger partial charge on any atom is 0.271 e. The molecule has 2 saturated heterocycles. The largest absolute Gasteiger partial charge is 0.350 e. The summed E-state index contributed by atoms with van der Waals surface area (Å²) >= 11 is 6.31. The van der Waals surface area contributed by atoms with Crippen LogP contribution in [0.25, 0.3) is 10.9 Å². The summed E-state index contributed by atoms with van der Waals surface area (Å²) in [6.07, 6.45) is 6.99. The first-order valence-corrected chi connectivity index (χ1v) is 13.4. The van der Waals surface area contributed by atoms with Crippen molar-refractivity contribution >= 4 is 40.2 Å². The van der Waals surface area contributed by atoms with E-state index in [0.717, 1.165) is 50.3 Å². The van der Waals surface area contributed by atoms with Gasteiger partial charge >= 0.3 is 0 Å². The molecule has 1 spiro atoms. The fraction of sp³-hybridized carbons (Fsp3) is 0.556. The molecule has 4 fully saturated rings. The molecular weight excluding hydrogens is 478 g/mol. The molecule has 2 saturated carbocycles. The van der Waals surface area contributed by atoms with Gasteiger partial charge in [-0.1, -0.05) is 36.6 Å². The van der Waals surface area contributed by atoms with Crippen molar-refractivity contribution in [2.75, 3.05) is 6.54 Å². The maximum absolute atomic E-state index is 13.7. The van der Waals surface area contributed by atoms with Gasteiger partial charge in [0, 0.05) is 23.4 Å². The molecule has 1 aromatic carbocycles. The Labute approximate surface area is 214 Å². The van der Waals surface area contributed by atoms with E-state index in [0.29, 0.717) is 29.2 Å². The van der Waals surface area contributed by atoms with Crippen LogP contribution in [0.4, 0.5) is 0 Å². The number of rotatable bonds is 5. The topological polar surface area (TPSA) is 118 Å². The molecule has 4 aliphatic rings. The van der Waals surface area contributed by atoms with E-state index in [9.17, 15) is 19.6 Å². The Kier molecular flexibility index (Phi) is 5.71. The van der Waals surface area contributed by atoms with Crippen molar-refractivity contribution in [3.05, 3.63) is 35.0 Å². The molecule has 3 heterocycles. The van der Waals surface area contributed by atoms with Crippen LogP contribution in [0.15, 0.2) is 24.3 Å². The SMILES string of the molecule is N#CC(CC1CC2(CC2)NC1=O)NC(=O)C1C2CCCCC2CN1C(=O)c1cc2cccc(Cl)c2[nH]1. The highest BCUT2D eigenvalue weighted by Gasteiger charge is 2.53. The predicted octanol–water partition coefficient (Wildman–Crippen LogP) is 3.52. The summed E-state index contributed by atoms with van der Waals surface area (Å²) < 4.78 is 0. The molecule has 36 heavy (non-hydrogen) atoms. The van der Waals surface area contributed by atoms with E-state index in [1.54, 1.807) is 17.0 Å². The summed E-state index contributed by atoms with van der Waals surface area (Å²) in [5.41, 5.74) is 1.04. The summed E-state index contributed by atoms with van der Waals surface area (Å²) in [5, 5.41) is 17.2. The zero-order chi connectivity index (χ0) is 25.0. The lowest BCUT2D eigenvalue weighted by molar-refractivity contribution is -0.127. The Morgan fingerprint density at radius 3 is 2.81 bits per heavy atom. The minimum Gasteiger partial charge on any atom is -0.350 e. The fourth-order valence-corrected chi connectivity index (χ4v) is 6.97. The lowest BCUT2D eigenvalue weighted by Gasteiger charge is -2.30. The number of fused-ring (bicyclic) bond motifs is 2. The maximum atomic E-state index is 13.7. The summed E-state index contributed by atoms with van der Waals surface area (Å²) in [4.78, 5) is 44.6. The smallest absolute Gasteiger partial charge is 0.271 e. The van der Waals surface area contributed by atoms with Crippen molar-refractivity contribution in [2.45, 2.75) is 69.0 Å². The molecule has 8 nitrogen and oxygen atoms in total. The van der Waals surface area contributed by atoms with Crippen LogP contribution in [0.1, 0.15) is 61.9 Å². The standard InChI is InChI=1S/C27H30ClN5O3/c28-20-7-3-5-15-11-21(31-22(15)20)26(36)33-14-16-4-1-2-6-19(16)23(33)25(35)30-18(13-29)10-17-12-27(8-9-27)32-24(17)34/h3,5,7,11,16-19,23,31H,1-2,4,6,8-10,12,14H2,(H,30,35)(H,32,34). The second-order valence-corrected chi connectivity index (χ2v) is 11.5. The van der Waals surface area contributed by atoms with Gasteiger partial charge in [-0.2, -0.15) is 5.26 Å². The summed E-state index contributed by atoms with van der Waals surface area (Å²) in [7, 11) is 0. The number of halogens is 1. The van der Waals surface area contributed by atoms with Crippen molar-refractivity contribution < 1.29 is 14.4 Å². The van der Waals surface area contributed by atoms with E-state index >= 15 is 0 Å². The van der Waals surface area contributed by atoms with Crippen molar-refractivity contribution in [3.8, 4) is 6.07 Å². The number of carbonyl (C=O) groups excluding carboxylic acids is 3. The average molecular weight is 508 g/mol. The second kappa shape index (κ2) is 8.81. The monoisotopic (exact) mass is 507 g/mol. The normalized spacial score (nSPS) is 29.0. The number of nitrogens with one attached hydrogen (secondary N) is 3. The molecule has 188 valence electrons. The highest BCUT2D eigenvalue weighted by Crippen LogP contribution is 2.46. The molecule has 3 N–H and O–H groups in total. The summed E-state index contributed by atoms with van der Waals surface area (Å²) in [6.45, 7) is 0.523. The molecule has 5 unspecified atom stereocenters. The average Bonchev–Trinajstić information content (AvgIpc) is 3.21. The first-order chi connectivity index (χ1) is 17.4. The molecule has 0 bridgehead atoms. The van der Waals surface area contributed by atoms with E-state index in [4.69, 9.17) is 11.6 Å². The number of nitrogens with zero attached hydrogens (tertiary/aromatic N) is 2. The Hall–Kier alpha value is -3.05. The molecule has 3 amide bonds. The third-order valence-corrected chi connectivity index (χ3v) is 9.06. The Morgan fingerprint density at radius 1 is 1.28 bits per heavy atom. The van der Waals surface area contributed by atoms with E-state index in [1.165, 1.54) is 0 Å². The number of aromatic nitrogens is 1. The first kappa shape index (κ1) is 23.4. The van der Waals surface area contributed by atoms with E-state index in [2.05, 4.69) is 21.7 Å². The number of H-pyrrole nitrogens is 1. The van der Waals surface area contributed by atoms with Crippen molar-refractivity contribution in [1.29, 1.82) is 5.26 Å². The Balaban J connectivity index is 1.22. The third kappa shape index (κ3) is 4.03. The molecule has 2 aromatic rings. The minimum atomic E-state index is -0.770. The second-order valence-electron chi connectivity index (χ2n) is 11.1. The van der Waals surface area contributed by atoms with Gasteiger partial charge in [-0.3, -0.25) is 14.4 Å². The molecule has 2 aliphatic heterocycles. The van der Waals surface area contributed by atoms with E-state index in [-0.39, 0.29) is 41.0 Å². The van der Waals surface area contributed by atoms with Gasteiger partial charge in [0.15, 0.2) is 0 Å². The van der Waals surface area contributed by atoms with Crippen molar-refractivity contribution in [1.82, 2.24) is 20.5 Å². The van der Waals surface area contributed by atoms with Gasteiger partial charge in [-0.05, 0) is 62.5 Å². The van der Waals surface area contributed by atoms with Gasteiger partial charge in [0.1, 0.15) is 17.8 Å². The molecule has 1 aromatic heterocycles. The van der Waals surface area contributed by atoms with Gasteiger partial charge in [-0.25, -0.2) is 0 Å². The number of likely N-dealkylation sites (tertiary alicyclic amines) is 1. The van der Waals surface area contributed by atoms with Crippen LogP contribution in [0, 0.1) is 29.1 Å². The zero-order valence-corrected chi connectivity index (χ0v) is 20.8. The van der Waals surface area contributed by atoms with Crippen LogP contribution in [0.3, 0.4) is 0 Å². The molecule has 2 aliphatic carbocycles. The molecule has 9 heteroatoms. The number of benzene rings is 1. The van der Waals surface area contributed by atoms with Gasteiger partial charge < -0.3 is 20.5 Å². The lowest BCUT2D eigenvalue weighted by atomic mass is 9.78. The number of para-hydroxylation sites is 1. The molecule has 6 rings (SSSR count). The van der Waals surface area contributed by atoms with Crippen molar-refractivity contribution in [2.24, 2.45) is 17.8 Å². The number of aromatic amines is 1. The van der Waals surface area contributed by atoms with Crippen LogP contribution in [-0.4, -0.2) is 51.8 Å². The van der Waals surface area contributed by atoms with Gasteiger partial charge in [0.25, 0.3) is 5.91 Å². The first-order valence-electron chi connectivity index (χ1n) is 13.0. The number of amides is 3. The summed E-state index contributed by atoms with van der Waals surface area (Å²) in [5.74, 6) is -0.474. The summed E-state index contributed by atoms with van der Waals surface area (Å²) in [6, 6.07) is 8.07. The fourth-order valence-electron chi connectivity index (χ4n) is 6.75. The highest BCUT2D eigenvalue weighted by atomic mass is 35.5. The zero-order valence-electron chi connectivity index (χ0n) is 20.1.